The molecule has 1 unspecified atom stereocenters. The van der Waals surface area contributed by atoms with Crippen molar-refractivity contribution in [2.45, 2.75) is 45.3 Å². The average Bonchev–Trinajstić information content (AvgIpc) is 2.83. The number of phenols is 1. The topological polar surface area (TPSA) is 83.2 Å². The first-order chi connectivity index (χ1) is 16.0. The summed E-state index contributed by atoms with van der Waals surface area (Å²) in [7, 11) is 0. The molecule has 2 aliphatic rings. The lowest BCUT2D eigenvalue weighted by Gasteiger charge is -2.38. The molecule has 3 heterocycles. The Balaban J connectivity index is 1.51. The number of anilines is 1. The number of hydrogen-bond donors (Lipinski definition) is 1. The summed E-state index contributed by atoms with van der Waals surface area (Å²) in [6.07, 6.45) is 3.27. The second-order valence-electron chi connectivity index (χ2n) is 8.76. The summed E-state index contributed by atoms with van der Waals surface area (Å²) in [5.41, 5.74) is 2.35. The van der Waals surface area contributed by atoms with Gasteiger partial charge in [-0.3, -0.25) is 4.79 Å². The van der Waals surface area contributed by atoms with Crippen LogP contribution in [-0.2, 0) is 17.8 Å². The molecule has 0 spiro atoms. The zero-order valence-electron chi connectivity index (χ0n) is 18.8. The van der Waals surface area contributed by atoms with E-state index in [9.17, 15) is 14.7 Å². The van der Waals surface area contributed by atoms with Crippen molar-refractivity contribution in [2.75, 3.05) is 24.5 Å². The molecular formula is C26H28N2O5. The van der Waals surface area contributed by atoms with E-state index in [4.69, 9.17) is 9.15 Å². The molecule has 1 N–H and O–H groups in total. The summed E-state index contributed by atoms with van der Waals surface area (Å²) in [4.78, 5) is 29.5. The van der Waals surface area contributed by atoms with Crippen molar-refractivity contribution >= 4 is 22.6 Å². The van der Waals surface area contributed by atoms with Gasteiger partial charge < -0.3 is 24.1 Å². The van der Waals surface area contributed by atoms with E-state index in [-0.39, 0.29) is 11.7 Å². The molecule has 7 heteroatoms. The molecule has 0 radical (unpaired) electrons. The highest BCUT2D eigenvalue weighted by Gasteiger charge is 2.34. The zero-order valence-corrected chi connectivity index (χ0v) is 18.8. The lowest BCUT2D eigenvalue weighted by atomic mass is 10.0. The Morgan fingerprint density at radius 2 is 1.88 bits per heavy atom. The van der Waals surface area contributed by atoms with Gasteiger partial charge in [-0.1, -0.05) is 19.1 Å². The average molecular weight is 449 g/mol. The van der Waals surface area contributed by atoms with Gasteiger partial charge in [0.2, 0.25) is 0 Å². The third kappa shape index (κ3) is 4.15. The maximum Gasteiger partial charge on any atom is 0.336 e. The van der Waals surface area contributed by atoms with Crippen molar-refractivity contribution in [3.05, 3.63) is 64.0 Å². The standard InChI is InChI=1S/C26H28N2O5/c1-2-17-12-19-18(13-25(30)33-23(19)14-21(17)29)15-28-16-24(26(31)27-10-6-3-7-11-27)32-22-9-5-4-8-20(22)28/h4-5,8-9,12-14,24,29H,2-3,6-7,10-11,15-16H2,1H3. The molecule has 2 aromatic carbocycles. The van der Waals surface area contributed by atoms with Gasteiger partial charge in [-0.05, 0) is 55.0 Å². The fourth-order valence-electron chi connectivity index (χ4n) is 4.83. The SMILES string of the molecule is CCc1cc2c(CN3CC(C(=O)N4CCCCC4)Oc4ccccc43)cc(=O)oc2cc1O. The normalized spacial score (nSPS) is 18.2. The van der Waals surface area contributed by atoms with E-state index >= 15 is 0 Å². The first kappa shape index (κ1) is 21.4. The molecule has 7 nitrogen and oxygen atoms in total. The first-order valence-corrected chi connectivity index (χ1v) is 11.6. The molecule has 1 fully saturated rings. The van der Waals surface area contributed by atoms with Crippen LogP contribution in [0, 0.1) is 0 Å². The number of para-hydroxylation sites is 2. The minimum atomic E-state index is -0.598. The second-order valence-corrected chi connectivity index (χ2v) is 8.76. The summed E-state index contributed by atoms with van der Waals surface area (Å²) >= 11 is 0. The summed E-state index contributed by atoms with van der Waals surface area (Å²) < 4.78 is 11.5. The molecule has 1 saturated heterocycles. The van der Waals surface area contributed by atoms with Crippen molar-refractivity contribution in [1.29, 1.82) is 0 Å². The summed E-state index contributed by atoms with van der Waals surface area (Å²) in [6.45, 7) is 4.32. The van der Waals surface area contributed by atoms with Gasteiger partial charge in [0.15, 0.2) is 6.10 Å². The number of carbonyl (C=O) groups is 1. The van der Waals surface area contributed by atoms with Gasteiger partial charge in [-0.25, -0.2) is 4.79 Å². The number of piperidine rings is 1. The Bertz CT molecular complexity index is 1250. The number of rotatable bonds is 4. The maximum absolute atomic E-state index is 13.2. The van der Waals surface area contributed by atoms with Crippen LogP contribution in [-0.4, -0.2) is 41.7 Å². The molecule has 3 aromatic rings. The van der Waals surface area contributed by atoms with Crippen LogP contribution in [0.3, 0.4) is 0 Å². The van der Waals surface area contributed by atoms with E-state index < -0.39 is 11.7 Å². The smallest absolute Gasteiger partial charge is 0.336 e. The molecule has 0 bridgehead atoms. The number of hydrogen-bond acceptors (Lipinski definition) is 6. The number of benzene rings is 2. The first-order valence-electron chi connectivity index (χ1n) is 11.6. The number of fused-ring (bicyclic) bond motifs is 2. The van der Waals surface area contributed by atoms with E-state index in [2.05, 4.69) is 4.90 Å². The molecule has 172 valence electrons. The Labute approximate surface area is 192 Å². The summed E-state index contributed by atoms with van der Waals surface area (Å²) in [5, 5.41) is 11.0. The molecule has 1 amide bonds. The molecule has 33 heavy (non-hydrogen) atoms. The van der Waals surface area contributed by atoms with Gasteiger partial charge in [0.25, 0.3) is 5.91 Å². The third-order valence-corrected chi connectivity index (χ3v) is 6.58. The van der Waals surface area contributed by atoms with Gasteiger partial charge >= 0.3 is 5.63 Å². The highest BCUT2D eigenvalue weighted by atomic mass is 16.5. The van der Waals surface area contributed by atoms with Crippen molar-refractivity contribution in [2.24, 2.45) is 0 Å². The van der Waals surface area contributed by atoms with Crippen molar-refractivity contribution in [3.8, 4) is 11.5 Å². The number of aryl methyl sites for hydroxylation is 1. The largest absolute Gasteiger partial charge is 0.508 e. The van der Waals surface area contributed by atoms with E-state index in [1.54, 1.807) is 0 Å². The number of phenolic OH excluding ortho intramolecular Hbond substituents is 1. The van der Waals surface area contributed by atoms with Crippen LogP contribution in [0.4, 0.5) is 5.69 Å². The van der Waals surface area contributed by atoms with Gasteiger partial charge in [0.05, 0.1) is 12.2 Å². The van der Waals surface area contributed by atoms with Gasteiger partial charge in [0.1, 0.15) is 17.1 Å². The molecule has 0 saturated carbocycles. The Morgan fingerprint density at radius 1 is 1.09 bits per heavy atom. The molecule has 1 aromatic heterocycles. The van der Waals surface area contributed by atoms with Crippen molar-refractivity contribution in [3.63, 3.8) is 0 Å². The predicted molar refractivity (Wildman–Crippen MR) is 126 cm³/mol. The molecule has 5 rings (SSSR count). The summed E-state index contributed by atoms with van der Waals surface area (Å²) in [5.74, 6) is 0.803. The van der Waals surface area contributed by atoms with Crippen LogP contribution < -0.4 is 15.3 Å². The van der Waals surface area contributed by atoms with Crippen LogP contribution in [0.25, 0.3) is 11.0 Å². The maximum atomic E-state index is 13.2. The monoisotopic (exact) mass is 448 g/mol. The van der Waals surface area contributed by atoms with Crippen LogP contribution >= 0.6 is 0 Å². The van der Waals surface area contributed by atoms with Crippen LogP contribution in [0.1, 0.15) is 37.3 Å². The van der Waals surface area contributed by atoms with Crippen LogP contribution in [0.15, 0.2) is 51.7 Å². The highest BCUT2D eigenvalue weighted by molar-refractivity contribution is 5.85. The minimum Gasteiger partial charge on any atom is -0.508 e. The Hall–Kier alpha value is -3.48. The third-order valence-electron chi connectivity index (χ3n) is 6.58. The fraction of sp³-hybridized carbons (Fsp3) is 0.385. The van der Waals surface area contributed by atoms with E-state index in [0.717, 1.165) is 54.6 Å². The van der Waals surface area contributed by atoms with Crippen LogP contribution in [0.5, 0.6) is 11.5 Å². The molecular weight excluding hydrogens is 420 g/mol. The quantitative estimate of drug-likeness (QED) is 0.611. The second kappa shape index (κ2) is 8.81. The van der Waals surface area contributed by atoms with Crippen LogP contribution in [0.2, 0.25) is 0 Å². The van der Waals surface area contributed by atoms with E-state index in [1.807, 2.05) is 42.2 Å². The number of carbonyl (C=O) groups excluding carboxylic acids is 1. The van der Waals surface area contributed by atoms with Crippen molar-refractivity contribution in [1.82, 2.24) is 4.90 Å². The van der Waals surface area contributed by atoms with Gasteiger partial charge in [-0.15, -0.1) is 0 Å². The van der Waals surface area contributed by atoms with Crippen molar-refractivity contribution < 1.29 is 19.1 Å². The Kier molecular flexibility index (Phi) is 5.70. The zero-order chi connectivity index (χ0) is 22.9. The number of likely N-dealkylation sites (tertiary alicyclic amines) is 1. The highest BCUT2D eigenvalue weighted by Crippen LogP contribution is 2.36. The summed E-state index contributed by atoms with van der Waals surface area (Å²) in [6, 6.07) is 12.6. The minimum absolute atomic E-state index is 0.0184. The number of amides is 1. The molecule has 2 aliphatic heterocycles. The lowest BCUT2D eigenvalue weighted by molar-refractivity contribution is -0.139. The number of aromatic hydroxyl groups is 1. The lowest BCUT2D eigenvalue weighted by Crippen LogP contribution is -2.51. The van der Waals surface area contributed by atoms with Gasteiger partial charge in [-0.2, -0.15) is 0 Å². The molecule has 1 atom stereocenters. The Morgan fingerprint density at radius 3 is 2.67 bits per heavy atom. The fourth-order valence-corrected chi connectivity index (χ4v) is 4.83. The van der Waals surface area contributed by atoms with E-state index in [1.165, 1.54) is 12.1 Å². The van der Waals surface area contributed by atoms with E-state index in [0.29, 0.717) is 30.8 Å². The van der Waals surface area contributed by atoms with Gasteiger partial charge in [0, 0.05) is 37.2 Å². The number of nitrogens with zero attached hydrogens (tertiary/aromatic N) is 2. The molecule has 0 aliphatic carbocycles. The number of ether oxygens (including phenoxy) is 1. The predicted octanol–water partition coefficient (Wildman–Crippen LogP) is 3.84.